The van der Waals surface area contributed by atoms with Crippen LogP contribution in [0, 0.1) is 0 Å². The number of phenolic OH excluding ortho intramolecular Hbond substituents is 1. The molecule has 0 atom stereocenters. The van der Waals surface area contributed by atoms with Crippen LogP contribution >= 0.6 is 15.9 Å². The Morgan fingerprint density at radius 1 is 1.00 bits per heavy atom. The Balaban J connectivity index is 1.31. The van der Waals surface area contributed by atoms with E-state index in [1.807, 2.05) is 58.0 Å². The summed E-state index contributed by atoms with van der Waals surface area (Å²) >= 11 is 3.37. The van der Waals surface area contributed by atoms with Gasteiger partial charge in [0.2, 0.25) is 0 Å². The zero-order chi connectivity index (χ0) is 27.1. The zero-order valence-corrected chi connectivity index (χ0v) is 23.5. The third kappa shape index (κ3) is 5.13. The Labute approximate surface area is 232 Å². The van der Waals surface area contributed by atoms with Crippen LogP contribution in [0.5, 0.6) is 5.75 Å². The minimum Gasteiger partial charge on any atom is -0.507 e. The fourth-order valence-corrected chi connectivity index (χ4v) is 5.21. The van der Waals surface area contributed by atoms with Crippen LogP contribution in [-0.4, -0.2) is 42.7 Å². The number of benzene rings is 3. The van der Waals surface area contributed by atoms with Gasteiger partial charge in [0, 0.05) is 22.5 Å². The van der Waals surface area contributed by atoms with E-state index in [1.165, 1.54) is 11.1 Å². The van der Waals surface area contributed by atoms with E-state index in [2.05, 4.69) is 45.5 Å². The minimum atomic E-state index is -0.697. The molecule has 196 valence electrons. The Morgan fingerprint density at radius 3 is 2.16 bits per heavy atom. The molecule has 0 spiro atoms. The van der Waals surface area contributed by atoms with Crippen molar-refractivity contribution in [3.63, 3.8) is 0 Å². The van der Waals surface area contributed by atoms with Crippen molar-refractivity contribution < 1.29 is 23.9 Å². The lowest BCUT2D eigenvalue weighted by Crippen LogP contribution is -2.41. The number of fused-ring (bicyclic) bond motifs is 3. The van der Waals surface area contributed by atoms with Crippen molar-refractivity contribution >= 4 is 35.2 Å². The lowest BCUT2D eigenvalue weighted by atomic mass is 9.77. The fraction of sp³-hybridized carbons (Fsp3) is 0.300. The summed E-state index contributed by atoms with van der Waals surface area (Å²) < 4.78 is 19.0. The number of aromatic hydroxyl groups is 1. The van der Waals surface area contributed by atoms with Crippen LogP contribution in [0.4, 0.5) is 4.79 Å². The van der Waals surface area contributed by atoms with Gasteiger partial charge in [-0.05, 0) is 67.6 Å². The molecule has 0 aromatic heterocycles. The van der Waals surface area contributed by atoms with Gasteiger partial charge in [0.1, 0.15) is 12.4 Å². The van der Waals surface area contributed by atoms with E-state index in [4.69, 9.17) is 14.0 Å². The third-order valence-electron chi connectivity index (χ3n) is 7.67. The number of ether oxygens (including phenoxy) is 1. The Kier molecular flexibility index (Phi) is 7.16. The summed E-state index contributed by atoms with van der Waals surface area (Å²) in [5.74, 6) is 0.0838. The van der Waals surface area contributed by atoms with Crippen molar-refractivity contribution in [3.8, 4) is 16.9 Å². The number of phenols is 1. The monoisotopic (exact) mass is 575 g/mol. The maximum absolute atomic E-state index is 12.9. The van der Waals surface area contributed by atoms with Crippen molar-refractivity contribution in [2.75, 3.05) is 13.2 Å². The van der Waals surface area contributed by atoms with Crippen molar-refractivity contribution in [2.45, 2.75) is 44.8 Å². The summed E-state index contributed by atoms with van der Waals surface area (Å²) in [7, 11) is -0.697. The van der Waals surface area contributed by atoms with E-state index in [-0.39, 0.29) is 24.8 Å². The molecule has 1 aliphatic heterocycles. The van der Waals surface area contributed by atoms with Crippen molar-refractivity contribution in [1.82, 2.24) is 5.32 Å². The number of amides is 1. The van der Waals surface area contributed by atoms with Gasteiger partial charge in [-0.1, -0.05) is 76.6 Å². The smallest absolute Gasteiger partial charge is 0.492 e. The van der Waals surface area contributed by atoms with Gasteiger partial charge >= 0.3 is 13.2 Å². The molecular formula is C30H31BBrNO5. The Morgan fingerprint density at radius 2 is 1.58 bits per heavy atom. The average Bonchev–Trinajstić information content (AvgIpc) is 3.30. The molecule has 6 nitrogen and oxygen atoms in total. The molecule has 3 aromatic rings. The number of carbonyl (C=O) groups is 1. The highest BCUT2D eigenvalue weighted by molar-refractivity contribution is 9.10. The maximum Gasteiger partial charge on any atom is 0.492 e. The number of halogens is 1. The number of hydrogen-bond acceptors (Lipinski definition) is 5. The van der Waals surface area contributed by atoms with Crippen LogP contribution in [0.25, 0.3) is 17.2 Å². The van der Waals surface area contributed by atoms with E-state index in [1.54, 1.807) is 18.2 Å². The number of nitrogens with one attached hydrogen (secondary N) is 1. The molecule has 8 heteroatoms. The minimum absolute atomic E-state index is 0.0222. The zero-order valence-electron chi connectivity index (χ0n) is 22.0. The molecule has 0 bridgehead atoms. The molecule has 5 rings (SSSR count). The highest BCUT2D eigenvalue weighted by atomic mass is 79.9. The summed E-state index contributed by atoms with van der Waals surface area (Å²) in [6, 6.07) is 21.7. The standard InChI is InChI=1S/C30H31BBrNO5/c1-29(2)30(3,4)38-31(37-29)20(15-19-13-14-21(32)16-27(19)34)17-33-28(35)36-18-26-24-11-7-5-9-22(24)23-10-6-8-12-25(23)26/h5-16,26,34H,17-18H2,1-4H3,(H,33,35). The molecular weight excluding hydrogens is 545 g/mol. The van der Waals surface area contributed by atoms with Crippen molar-refractivity contribution in [2.24, 2.45) is 0 Å². The Hall–Kier alpha value is -3.07. The number of carbonyl (C=O) groups excluding carboxylic acids is 1. The number of rotatable bonds is 6. The van der Waals surface area contributed by atoms with Crippen LogP contribution in [0.3, 0.4) is 0 Å². The first-order valence-corrected chi connectivity index (χ1v) is 13.5. The lowest BCUT2D eigenvalue weighted by Gasteiger charge is -2.32. The molecule has 38 heavy (non-hydrogen) atoms. The third-order valence-corrected chi connectivity index (χ3v) is 8.16. The van der Waals surface area contributed by atoms with Gasteiger partial charge < -0.3 is 24.5 Å². The normalized spacial score (nSPS) is 17.7. The van der Waals surface area contributed by atoms with Crippen LogP contribution in [0.15, 0.2) is 76.7 Å². The molecule has 0 unspecified atom stereocenters. The molecule has 0 radical (unpaired) electrons. The predicted molar refractivity (Wildman–Crippen MR) is 153 cm³/mol. The molecule has 2 N–H and O–H groups in total. The van der Waals surface area contributed by atoms with Crippen molar-refractivity contribution in [1.29, 1.82) is 0 Å². The molecule has 1 aliphatic carbocycles. The van der Waals surface area contributed by atoms with E-state index in [0.717, 1.165) is 15.6 Å². The highest BCUT2D eigenvalue weighted by Crippen LogP contribution is 2.44. The number of hydrogen-bond donors (Lipinski definition) is 2. The average molecular weight is 576 g/mol. The van der Waals surface area contributed by atoms with Gasteiger partial charge in [-0.3, -0.25) is 0 Å². The summed E-state index contributed by atoms with van der Waals surface area (Å²) in [6.45, 7) is 8.24. The number of alkyl carbamates (subject to hydrolysis) is 1. The summed E-state index contributed by atoms with van der Waals surface area (Å²) in [6.07, 6.45) is 1.25. The molecule has 1 saturated heterocycles. The van der Waals surface area contributed by atoms with Crippen LogP contribution in [-0.2, 0) is 14.0 Å². The summed E-state index contributed by atoms with van der Waals surface area (Å²) in [4.78, 5) is 12.9. The quantitative estimate of drug-likeness (QED) is 0.319. The Bertz CT molecular complexity index is 1340. The van der Waals surface area contributed by atoms with Crippen LogP contribution in [0.1, 0.15) is 50.3 Å². The molecule has 0 saturated carbocycles. The first kappa shape index (κ1) is 26.5. The van der Waals surface area contributed by atoms with Gasteiger partial charge in [-0.25, -0.2) is 4.79 Å². The first-order valence-electron chi connectivity index (χ1n) is 12.7. The second-order valence-electron chi connectivity index (χ2n) is 10.7. The van der Waals surface area contributed by atoms with E-state index >= 15 is 0 Å². The van der Waals surface area contributed by atoms with E-state index in [9.17, 15) is 9.90 Å². The van der Waals surface area contributed by atoms with Crippen LogP contribution < -0.4 is 5.32 Å². The molecule has 3 aromatic carbocycles. The predicted octanol–water partition coefficient (Wildman–Crippen LogP) is 6.71. The van der Waals surface area contributed by atoms with E-state index < -0.39 is 24.4 Å². The van der Waals surface area contributed by atoms with Gasteiger partial charge in [0.05, 0.1) is 11.2 Å². The van der Waals surface area contributed by atoms with Gasteiger partial charge in [-0.15, -0.1) is 0 Å². The van der Waals surface area contributed by atoms with Crippen LogP contribution in [0.2, 0.25) is 0 Å². The first-order chi connectivity index (χ1) is 18.1. The largest absolute Gasteiger partial charge is 0.507 e. The van der Waals surface area contributed by atoms with E-state index in [0.29, 0.717) is 11.0 Å². The van der Waals surface area contributed by atoms with Gasteiger partial charge in [-0.2, -0.15) is 0 Å². The molecule has 2 aliphatic rings. The molecule has 1 heterocycles. The van der Waals surface area contributed by atoms with Crippen molar-refractivity contribution in [3.05, 3.63) is 93.4 Å². The molecule has 1 amide bonds. The maximum atomic E-state index is 12.9. The topological polar surface area (TPSA) is 77.0 Å². The SMILES string of the molecule is CC1(C)OB(C(=Cc2ccc(Br)cc2O)CNC(=O)OCC2c3ccccc3-c3ccccc32)OC1(C)C. The van der Waals surface area contributed by atoms with Gasteiger partial charge in [0.25, 0.3) is 0 Å². The molecule has 1 fully saturated rings. The van der Waals surface area contributed by atoms with Gasteiger partial charge in [0.15, 0.2) is 0 Å². The second-order valence-corrected chi connectivity index (χ2v) is 11.6. The second kappa shape index (κ2) is 10.2. The fourth-order valence-electron chi connectivity index (χ4n) is 4.86. The lowest BCUT2D eigenvalue weighted by molar-refractivity contribution is 0.00578. The highest BCUT2D eigenvalue weighted by Gasteiger charge is 2.52. The summed E-state index contributed by atoms with van der Waals surface area (Å²) in [5, 5.41) is 13.3. The summed E-state index contributed by atoms with van der Waals surface area (Å²) in [5.41, 5.74) is 4.82.